The normalized spacial score (nSPS) is 56.1. The van der Waals surface area contributed by atoms with Crippen LogP contribution in [-0.4, -0.2) is 29.3 Å². The molecule has 0 bridgehead atoms. The monoisotopic (exact) mass is 320 g/mol. The number of hydrogen-bond donors (Lipinski definition) is 2. The minimum Gasteiger partial charge on any atom is -0.393 e. The minimum absolute atomic E-state index is 0.0276. The van der Waals surface area contributed by atoms with Crippen molar-refractivity contribution in [3.8, 4) is 0 Å². The number of nitrogens with zero attached hydrogens (tertiary/aromatic N) is 1. The second kappa shape index (κ2) is 5.44. The highest BCUT2D eigenvalue weighted by atomic mass is 16.3. The molecule has 0 aromatic carbocycles. The molecule has 8 unspecified atom stereocenters. The van der Waals surface area contributed by atoms with Gasteiger partial charge in [-0.25, -0.2) is 5.01 Å². The number of aliphatic hydroxyl groups excluding tert-OH is 1. The van der Waals surface area contributed by atoms with Crippen molar-refractivity contribution < 1.29 is 5.11 Å². The molecule has 4 rings (SSSR count). The van der Waals surface area contributed by atoms with E-state index in [1.807, 2.05) is 5.01 Å². The van der Waals surface area contributed by atoms with Gasteiger partial charge in [0.15, 0.2) is 0 Å². The highest BCUT2D eigenvalue weighted by Gasteiger charge is 2.60. The molecule has 132 valence electrons. The van der Waals surface area contributed by atoms with Crippen LogP contribution in [-0.2, 0) is 0 Å². The van der Waals surface area contributed by atoms with Crippen molar-refractivity contribution in [2.45, 2.75) is 83.8 Å². The van der Waals surface area contributed by atoms with Crippen molar-refractivity contribution in [2.24, 2.45) is 40.3 Å². The summed E-state index contributed by atoms with van der Waals surface area (Å²) in [5.41, 5.74) is 0.929. The Bertz CT molecular complexity index is 467. The van der Waals surface area contributed by atoms with Gasteiger partial charge in [-0.1, -0.05) is 13.8 Å². The summed E-state index contributed by atoms with van der Waals surface area (Å²) in [5.74, 6) is 9.67. The van der Waals surface area contributed by atoms with Gasteiger partial charge in [0.25, 0.3) is 0 Å². The number of hydrazine groups is 1. The van der Waals surface area contributed by atoms with Gasteiger partial charge in [0.1, 0.15) is 0 Å². The van der Waals surface area contributed by atoms with E-state index >= 15 is 0 Å². The maximum absolute atomic E-state index is 10.1. The zero-order valence-corrected chi connectivity index (χ0v) is 15.3. The molecule has 0 aliphatic heterocycles. The Morgan fingerprint density at radius 2 is 1.61 bits per heavy atom. The molecule has 3 nitrogen and oxygen atoms in total. The molecule has 0 heterocycles. The van der Waals surface area contributed by atoms with E-state index in [4.69, 9.17) is 5.84 Å². The quantitative estimate of drug-likeness (QED) is 0.574. The van der Waals surface area contributed by atoms with Gasteiger partial charge < -0.3 is 5.11 Å². The fraction of sp³-hybridized carbons (Fsp3) is 1.00. The lowest BCUT2D eigenvalue weighted by atomic mass is 9.45. The molecule has 0 spiro atoms. The van der Waals surface area contributed by atoms with Gasteiger partial charge in [0, 0.05) is 13.1 Å². The molecule has 0 radical (unpaired) electrons. The summed E-state index contributed by atoms with van der Waals surface area (Å²) in [6.07, 6.45) is 11.5. The maximum Gasteiger partial charge on any atom is 0.0543 e. The average molecular weight is 321 g/mol. The van der Waals surface area contributed by atoms with Crippen LogP contribution >= 0.6 is 0 Å². The van der Waals surface area contributed by atoms with E-state index in [0.29, 0.717) is 16.9 Å². The molecule has 0 saturated heterocycles. The predicted octanol–water partition coefficient (Wildman–Crippen LogP) is 3.56. The standard InChI is InChI=1S/C20H36N2O/c1-19-10-8-14(23)12-13(19)4-5-15-16-6-7-18(22(3)21)20(16,2)11-9-17(15)19/h13-18,23H,4-12,21H2,1-3H3. The third-order valence-electron chi connectivity index (χ3n) is 9.08. The molecule has 4 aliphatic carbocycles. The van der Waals surface area contributed by atoms with E-state index in [9.17, 15) is 5.11 Å². The molecule has 0 amide bonds. The van der Waals surface area contributed by atoms with E-state index in [0.717, 1.165) is 36.5 Å². The summed E-state index contributed by atoms with van der Waals surface area (Å²) in [7, 11) is 2.07. The lowest BCUT2D eigenvalue weighted by Gasteiger charge is -2.61. The summed E-state index contributed by atoms with van der Waals surface area (Å²) in [5, 5.41) is 12.1. The van der Waals surface area contributed by atoms with Crippen LogP contribution in [0.4, 0.5) is 0 Å². The van der Waals surface area contributed by atoms with Crippen LogP contribution in [0.3, 0.4) is 0 Å². The molecule has 4 aliphatic rings. The Labute approximate surface area is 142 Å². The lowest BCUT2D eigenvalue weighted by molar-refractivity contribution is -0.128. The van der Waals surface area contributed by atoms with Crippen molar-refractivity contribution in [3.63, 3.8) is 0 Å². The number of rotatable bonds is 1. The van der Waals surface area contributed by atoms with E-state index < -0.39 is 0 Å². The second-order valence-corrected chi connectivity index (χ2v) is 9.89. The first-order chi connectivity index (χ1) is 10.9. The molecule has 0 aromatic rings. The fourth-order valence-corrected chi connectivity index (χ4v) is 7.88. The SMILES string of the molecule is CN(N)C1CCC2C3CCC4CC(O)CCC4(C)C3CCC21C. The van der Waals surface area contributed by atoms with Crippen LogP contribution in [0.2, 0.25) is 0 Å². The number of aliphatic hydroxyl groups is 1. The molecule has 8 atom stereocenters. The number of fused-ring (bicyclic) bond motifs is 5. The zero-order chi connectivity index (χ0) is 16.4. The first-order valence-electron chi connectivity index (χ1n) is 10.0. The Morgan fingerprint density at radius 3 is 2.35 bits per heavy atom. The summed E-state index contributed by atoms with van der Waals surface area (Å²) in [6.45, 7) is 5.11. The van der Waals surface area contributed by atoms with Gasteiger partial charge in [-0.05, 0) is 92.3 Å². The largest absolute Gasteiger partial charge is 0.393 e. The van der Waals surface area contributed by atoms with Gasteiger partial charge >= 0.3 is 0 Å². The Morgan fingerprint density at radius 1 is 0.913 bits per heavy atom. The van der Waals surface area contributed by atoms with Crippen LogP contribution in [0, 0.1) is 34.5 Å². The summed E-state index contributed by atoms with van der Waals surface area (Å²) < 4.78 is 0. The van der Waals surface area contributed by atoms with Crippen LogP contribution in [0.25, 0.3) is 0 Å². The van der Waals surface area contributed by atoms with Crippen molar-refractivity contribution in [1.29, 1.82) is 0 Å². The van der Waals surface area contributed by atoms with Crippen molar-refractivity contribution in [2.75, 3.05) is 7.05 Å². The highest BCUT2D eigenvalue weighted by molar-refractivity contribution is 5.10. The van der Waals surface area contributed by atoms with E-state index in [1.54, 1.807) is 0 Å². The Kier molecular flexibility index (Phi) is 3.87. The number of nitrogens with two attached hydrogens (primary N) is 1. The van der Waals surface area contributed by atoms with Gasteiger partial charge in [-0.3, -0.25) is 5.84 Å². The third kappa shape index (κ3) is 2.26. The molecular formula is C20H36N2O. The molecular weight excluding hydrogens is 284 g/mol. The zero-order valence-electron chi connectivity index (χ0n) is 15.3. The molecule has 4 saturated carbocycles. The van der Waals surface area contributed by atoms with Crippen molar-refractivity contribution in [1.82, 2.24) is 5.01 Å². The van der Waals surface area contributed by atoms with Gasteiger partial charge in [-0.2, -0.15) is 0 Å². The topological polar surface area (TPSA) is 49.5 Å². The average Bonchev–Trinajstić information content (AvgIpc) is 2.85. The molecule has 4 fully saturated rings. The molecule has 23 heavy (non-hydrogen) atoms. The lowest BCUT2D eigenvalue weighted by Crippen LogP contribution is -2.56. The summed E-state index contributed by atoms with van der Waals surface area (Å²) in [4.78, 5) is 0. The third-order valence-corrected chi connectivity index (χ3v) is 9.08. The minimum atomic E-state index is -0.0276. The van der Waals surface area contributed by atoms with Crippen LogP contribution in [0.5, 0.6) is 0 Å². The van der Waals surface area contributed by atoms with Crippen molar-refractivity contribution in [3.05, 3.63) is 0 Å². The Hall–Kier alpha value is -0.120. The highest BCUT2D eigenvalue weighted by Crippen LogP contribution is 2.66. The predicted molar refractivity (Wildman–Crippen MR) is 93.5 cm³/mol. The fourth-order valence-electron chi connectivity index (χ4n) is 7.88. The first-order valence-corrected chi connectivity index (χ1v) is 10.0. The van der Waals surface area contributed by atoms with Crippen LogP contribution < -0.4 is 5.84 Å². The van der Waals surface area contributed by atoms with Crippen LogP contribution in [0.15, 0.2) is 0 Å². The van der Waals surface area contributed by atoms with E-state index in [1.165, 1.54) is 44.9 Å². The van der Waals surface area contributed by atoms with Crippen LogP contribution in [0.1, 0.15) is 71.6 Å². The maximum atomic E-state index is 10.1. The molecule has 3 heteroatoms. The van der Waals surface area contributed by atoms with Gasteiger partial charge in [0.05, 0.1) is 6.10 Å². The van der Waals surface area contributed by atoms with Gasteiger partial charge in [0.2, 0.25) is 0 Å². The number of hydrogen-bond acceptors (Lipinski definition) is 3. The molecule has 0 aromatic heterocycles. The van der Waals surface area contributed by atoms with Gasteiger partial charge in [-0.15, -0.1) is 0 Å². The molecule has 3 N–H and O–H groups in total. The van der Waals surface area contributed by atoms with E-state index in [-0.39, 0.29) is 6.10 Å². The van der Waals surface area contributed by atoms with Crippen molar-refractivity contribution >= 4 is 0 Å². The summed E-state index contributed by atoms with van der Waals surface area (Å²) >= 11 is 0. The second-order valence-electron chi connectivity index (χ2n) is 9.89. The summed E-state index contributed by atoms with van der Waals surface area (Å²) in [6, 6.07) is 0.576. The Balaban J connectivity index is 1.60. The smallest absolute Gasteiger partial charge is 0.0543 e. The first kappa shape index (κ1) is 16.4. The van der Waals surface area contributed by atoms with E-state index in [2.05, 4.69) is 20.9 Å².